The number of halogens is 6. The van der Waals surface area contributed by atoms with Gasteiger partial charge in [-0.15, -0.1) is 0 Å². The van der Waals surface area contributed by atoms with Crippen molar-refractivity contribution in [1.82, 2.24) is 4.90 Å². The smallest absolute Gasteiger partial charge is 0.427 e. The van der Waals surface area contributed by atoms with Gasteiger partial charge in [0.2, 0.25) is 5.84 Å². The Morgan fingerprint density at radius 2 is 1.35 bits per heavy atom. The second-order valence-electron chi connectivity index (χ2n) is 6.97. The summed E-state index contributed by atoms with van der Waals surface area (Å²) in [5, 5.41) is 0. The number of benzene rings is 2. The minimum Gasteiger partial charge on any atom is -0.427 e. The van der Waals surface area contributed by atoms with Crippen molar-refractivity contribution < 1.29 is 22.6 Å². The second-order valence-corrected chi connectivity index (χ2v) is 9.25. The van der Waals surface area contributed by atoms with Gasteiger partial charge in [-0.2, -0.15) is 18.2 Å². The maximum absolute atomic E-state index is 14.0. The van der Waals surface area contributed by atoms with Crippen LogP contribution < -0.4 is 14.4 Å². The molecule has 2 aromatic carbocycles. The minimum absolute atomic E-state index is 0.0656. The van der Waals surface area contributed by atoms with Crippen LogP contribution in [0.5, 0.6) is 11.5 Å². The Morgan fingerprint density at radius 1 is 0.839 bits per heavy atom. The number of hydrogen-bond acceptors (Lipinski definition) is 4. The molecule has 31 heavy (non-hydrogen) atoms. The quantitative estimate of drug-likeness (QED) is 0.324. The molecule has 0 radical (unpaired) electrons. The summed E-state index contributed by atoms with van der Waals surface area (Å²) in [6.07, 6.45) is -4.82. The number of piperazine rings is 1. The number of rotatable bonds is 2. The number of amidine groups is 1. The summed E-state index contributed by atoms with van der Waals surface area (Å²) in [4.78, 5) is 6.84. The predicted octanol–water partition coefficient (Wildman–Crippen LogP) is 5.26. The Kier molecular flexibility index (Phi) is 5.83. The van der Waals surface area contributed by atoms with Crippen molar-refractivity contribution in [3.63, 3.8) is 0 Å². The molecule has 2 aliphatic heterocycles. The maximum Gasteiger partial charge on any atom is 0.449 e. The van der Waals surface area contributed by atoms with Crippen LogP contribution in [0.1, 0.15) is 0 Å². The third kappa shape index (κ3) is 4.47. The van der Waals surface area contributed by atoms with Crippen LogP contribution in [0, 0.1) is 0 Å². The van der Waals surface area contributed by atoms with Crippen molar-refractivity contribution in [3.8, 4) is 11.5 Å². The van der Waals surface area contributed by atoms with Crippen molar-refractivity contribution in [2.24, 2.45) is 4.99 Å². The van der Waals surface area contributed by atoms with Crippen LogP contribution in [0.15, 0.2) is 59.6 Å². The van der Waals surface area contributed by atoms with E-state index in [1.54, 1.807) is 12.1 Å². The molecule has 11 heteroatoms. The zero-order valence-electron chi connectivity index (χ0n) is 16.0. The fourth-order valence-corrected chi connectivity index (χ4v) is 3.79. The molecular formula is C20H17Cl3F3N3O2. The van der Waals surface area contributed by atoms with Gasteiger partial charge in [0, 0.05) is 31.9 Å². The summed E-state index contributed by atoms with van der Waals surface area (Å²) in [5.41, 5.74) is 0.934. The van der Waals surface area contributed by atoms with E-state index in [1.807, 2.05) is 35.2 Å². The topological polar surface area (TPSA) is 37.3 Å². The van der Waals surface area contributed by atoms with Crippen LogP contribution in [-0.2, 0) is 0 Å². The molecule has 1 saturated heterocycles. The molecule has 2 heterocycles. The summed E-state index contributed by atoms with van der Waals surface area (Å²) < 4.78 is 50.7. The van der Waals surface area contributed by atoms with Gasteiger partial charge in [-0.3, -0.25) is 0 Å². The molecule has 166 valence electrons. The summed E-state index contributed by atoms with van der Waals surface area (Å²) >= 11 is 18.0. The fraction of sp³-hybridized carbons (Fsp3) is 0.350. The third-order valence-electron chi connectivity index (χ3n) is 4.91. The Balaban J connectivity index is 1.63. The molecule has 5 nitrogen and oxygen atoms in total. The first kappa shape index (κ1) is 22.2. The summed E-state index contributed by atoms with van der Waals surface area (Å²) in [5.74, 6) is -3.47. The first-order chi connectivity index (χ1) is 14.6. The fourth-order valence-electron chi connectivity index (χ4n) is 3.43. The molecule has 4 rings (SSSR count). The Morgan fingerprint density at radius 3 is 1.84 bits per heavy atom. The molecule has 0 spiro atoms. The van der Waals surface area contributed by atoms with Gasteiger partial charge < -0.3 is 19.3 Å². The number of fused-ring (bicyclic) bond motifs is 1. The number of para-hydroxylation sites is 3. The van der Waals surface area contributed by atoms with Crippen LogP contribution in [0.3, 0.4) is 0 Å². The SMILES string of the molecule is FC(F)(F)/C(=N/C1(C(Cl)(Cl)Cl)Oc2ccccc2O1)N1CCN(c2ccccc2)CC1. The first-order valence-electron chi connectivity index (χ1n) is 9.35. The molecule has 2 aromatic rings. The lowest BCUT2D eigenvalue weighted by Gasteiger charge is -2.39. The van der Waals surface area contributed by atoms with Gasteiger partial charge in [0.15, 0.2) is 11.5 Å². The van der Waals surface area contributed by atoms with Crippen LogP contribution in [-0.4, -0.2) is 52.8 Å². The van der Waals surface area contributed by atoms with E-state index >= 15 is 0 Å². The minimum atomic E-state index is -4.82. The average Bonchev–Trinajstić information content (AvgIpc) is 3.12. The van der Waals surface area contributed by atoms with Gasteiger partial charge in [0.1, 0.15) is 0 Å². The Hall–Kier alpha value is -2.03. The highest BCUT2D eigenvalue weighted by atomic mass is 35.6. The van der Waals surface area contributed by atoms with Crippen molar-refractivity contribution in [2.75, 3.05) is 31.1 Å². The average molecular weight is 495 g/mol. The van der Waals surface area contributed by atoms with Gasteiger partial charge in [0.25, 0.3) is 3.79 Å². The van der Waals surface area contributed by atoms with Gasteiger partial charge >= 0.3 is 12.1 Å². The number of alkyl halides is 6. The van der Waals surface area contributed by atoms with E-state index < -0.39 is 21.7 Å². The molecule has 0 aromatic heterocycles. The van der Waals surface area contributed by atoms with Gasteiger partial charge in [-0.1, -0.05) is 65.1 Å². The van der Waals surface area contributed by atoms with E-state index in [0.29, 0.717) is 13.1 Å². The molecular weight excluding hydrogens is 478 g/mol. The molecule has 0 amide bonds. The van der Waals surface area contributed by atoms with E-state index in [1.165, 1.54) is 12.1 Å². The number of nitrogens with zero attached hydrogens (tertiary/aromatic N) is 3. The van der Waals surface area contributed by atoms with Crippen LogP contribution >= 0.6 is 34.8 Å². The normalized spacial score (nSPS) is 19.0. The lowest BCUT2D eigenvalue weighted by atomic mass is 10.2. The highest BCUT2D eigenvalue weighted by Gasteiger charge is 2.60. The lowest BCUT2D eigenvalue weighted by Crippen LogP contribution is -2.56. The van der Waals surface area contributed by atoms with E-state index in [2.05, 4.69) is 4.99 Å². The zero-order valence-corrected chi connectivity index (χ0v) is 18.2. The first-order valence-corrected chi connectivity index (χ1v) is 10.5. The van der Waals surface area contributed by atoms with Crippen molar-refractivity contribution in [1.29, 1.82) is 0 Å². The van der Waals surface area contributed by atoms with Crippen molar-refractivity contribution in [3.05, 3.63) is 54.6 Å². The number of ether oxygens (including phenoxy) is 2. The standard InChI is InChI=1S/C20H17Cl3F3N3O2/c21-19(22,23)20(30-15-8-4-5-9-16(15)31-20)27-17(18(24,25)26)29-12-10-28(11-13-29)14-6-2-1-3-7-14/h1-9H,10-13H2/b27-17-. The molecule has 0 atom stereocenters. The van der Waals surface area contributed by atoms with Gasteiger partial charge in [-0.05, 0) is 24.3 Å². The molecule has 0 bridgehead atoms. The van der Waals surface area contributed by atoms with E-state index in [-0.39, 0.29) is 24.6 Å². The van der Waals surface area contributed by atoms with Crippen LogP contribution in [0.2, 0.25) is 0 Å². The molecule has 0 aliphatic carbocycles. The molecule has 0 saturated carbocycles. The van der Waals surface area contributed by atoms with Gasteiger partial charge in [-0.25, -0.2) is 0 Å². The third-order valence-corrected chi connectivity index (χ3v) is 5.63. The molecule has 0 N–H and O–H groups in total. The molecule has 0 unspecified atom stereocenters. The highest BCUT2D eigenvalue weighted by Crippen LogP contribution is 2.51. The second kappa shape index (κ2) is 8.15. The Labute approximate surface area is 191 Å². The van der Waals surface area contributed by atoms with Gasteiger partial charge in [0.05, 0.1) is 0 Å². The highest BCUT2D eigenvalue weighted by molar-refractivity contribution is 6.68. The Bertz CT molecular complexity index is 934. The van der Waals surface area contributed by atoms with E-state index in [0.717, 1.165) is 10.6 Å². The largest absolute Gasteiger partial charge is 0.449 e. The maximum atomic E-state index is 14.0. The number of anilines is 1. The summed E-state index contributed by atoms with van der Waals surface area (Å²) in [7, 11) is 0. The summed E-state index contributed by atoms with van der Waals surface area (Å²) in [6.45, 7) is 0.857. The number of hydrogen-bond donors (Lipinski definition) is 0. The lowest BCUT2D eigenvalue weighted by molar-refractivity contribution is -0.0896. The van der Waals surface area contributed by atoms with Crippen molar-refractivity contribution in [2.45, 2.75) is 15.9 Å². The van der Waals surface area contributed by atoms with Crippen LogP contribution in [0.4, 0.5) is 18.9 Å². The molecule has 2 aliphatic rings. The van der Waals surface area contributed by atoms with E-state index in [9.17, 15) is 13.2 Å². The number of aliphatic imine (C=N–C) groups is 1. The van der Waals surface area contributed by atoms with E-state index in [4.69, 9.17) is 44.3 Å². The zero-order chi connectivity index (χ0) is 22.3. The monoisotopic (exact) mass is 493 g/mol. The predicted molar refractivity (Wildman–Crippen MR) is 114 cm³/mol. The molecule has 1 fully saturated rings. The van der Waals surface area contributed by atoms with Crippen LogP contribution in [0.25, 0.3) is 0 Å². The van der Waals surface area contributed by atoms with Crippen molar-refractivity contribution >= 4 is 46.3 Å². The summed E-state index contributed by atoms with van der Waals surface area (Å²) in [6, 6.07) is 15.7.